The maximum Gasteiger partial charge on any atom is 0.357 e. The van der Waals surface area contributed by atoms with Crippen molar-refractivity contribution >= 4 is 11.9 Å². The molecule has 0 spiro atoms. The van der Waals surface area contributed by atoms with E-state index in [-0.39, 0.29) is 0 Å². The molecule has 1 amide bonds. The normalized spacial score (nSPS) is 17.2. The summed E-state index contributed by atoms with van der Waals surface area (Å²) in [6, 6.07) is 0. The van der Waals surface area contributed by atoms with Crippen molar-refractivity contribution in [2.75, 3.05) is 0 Å². The van der Waals surface area contributed by atoms with Gasteiger partial charge in [-0.3, -0.25) is 4.79 Å². The Bertz CT molecular complexity index is 216. The maximum atomic E-state index is 10.7. The van der Waals surface area contributed by atoms with Crippen molar-refractivity contribution in [1.82, 2.24) is 5.32 Å². The third-order valence-electron chi connectivity index (χ3n) is 2.02. The summed E-state index contributed by atoms with van der Waals surface area (Å²) in [5.74, 6) is -2.53. The molecule has 0 aromatic heterocycles. The highest BCUT2D eigenvalue weighted by atomic mass is 16.4. The summed E-state index contributed by atoms with van der Waals surface area (Å²) in [6.45, 7) is 4.46. The van der Waals surface area contributed by atoms with Crippen LogP contribution in [0.4, 0.5) is 0 Å². The summed E-state index contributed by atoms with van der Waals surface area (Å²) >= 11 is 0. The van der Waals surface area contributed by atoms with E-state index in [1.54, 1.807) is 13.8 Å². The molecule has 0 aliphatic carbocycles. The van der Waals surface area contributed by atoms with Gasteiger partial charge in [0.1, 0.15) is 0 Å². The number of carboxylic acid groups (broad SMARTS) is 1. The van der Waals surface area contributed by atoms with E-state index in [1.165, 1.54) is 0 Å². The van der Waals surface area contributed by atoms with Gasteiger partial charge in [-0.1, -0.05) is 13.8 Å². The number of hydrogen-bond acceptors (Lipinski definition) is 3. The van der Waals surface area contributed by atoms with Gasteiger partial charge >= 0.3 is 5.97 Å². The van der Waals surface area contributed by atoms with Crippen LogP contribution in [0.3, 0.4) is 0 Å². The highest BCUT2D eigenvalue weighted by molar-refractivity contribution is 5.84. The summed E-state index contributed by atoms with van der Waals surface area (Å²) in [7, 11) is 0. The average Bonchev–Trinajstić information content (AvgIpc) is 2.01. The third kappa shape index (κ3) is 2.69. The van der Waals surface area contributed by atoms with Crippen molar-refractivity contribution in [2.45, 2.75) is 32.9 Å². The van der Waals surface area contributed by atoms with Crippen molar-refractivity contribution in [3.05, 3.63) is 0 Å². The van der Waals surface area contributed by atoms with Crippen molar-refractivity contribution in [3.63, 3.8) is 0 Å². The Hall–Kier alpha value is -1.10. The van der Waals surface area contributed by atoms with Crippen LogP contribution in [-0.4, -0.2) is 27.8 Å². The first-order valence-electron chi connectivity index (χ1n) is 4.09. The van der Waals surface area contributed by atoms with E-state index in [0.29, 0.717) is 6.42 Å². The molecule has 0 saturated carbocycles. The van der Waals surface area contributed by atoms with Gasteiger partial charge in [-0.15, -0.1) is 0 Å². The van der Waals surface area contributed by atoms with Crippen LogP contribution in [0.5, 0.6) is 0 Å². The van der Waals surface area contributed by atoms with E-state index in [4.69, 9.17) is 5.11 Å². The molecule has 0 saturated heterocycles. The molecule has 5 nitrogen and oxygen atoms in total. The van der Waals surface area contributed by atoms with E-state index >= 15 is 0 Å². The van der Waals surface area contributed by atoms with Crippen LogP contribution in [0.2, 0.25) is 0 Å². The van der Waals surface area contributed by atoms with Crippen molar-refractivity contribution in [2.24, 2.45) is 5.92 Å². The van der Waals surface area contributed by atoms with Crippen LogP contribution in [0.25, 0.3) is 0 Å². The molecule has 0 radical (unpaired) electrons. The quantitative estimate of drug-likeness (QED) is 0.541. The molecule has 0 rings (SSSR count). The number of hydrogen-bond donors (Lipinski definition) is 3. The summed E-state index contributed by atoms with van der Waals surface area (Å²) in [5.41, 5.74) is -2.15. The largest absolute Gasteiger partial charge is 0.478 e. The van der Waals surface area contributed by atoms with Gasteiger partial charge in [-0.2, -0.15) is 0 Å². The highest BCUT2D eigenvalue weighted by Crippen LogP contribution is 2.17. The van der Waals surface area contributed by atoms with Gasteiger partial charge in [0.25, 0.3) is 0 Å². The third-order valence-corrected chi connectivity index (χ3v) is 2.02. The minimum atomic E-state index is -2.15. The molecule has 0 aliphatic rings. The molecular weight excluding hydrogens is 174 g/mol. The van der Waals surface area contributed by atoms with Crippen LogP contribution >= 0.6 is 0 Å². The van der Waals surface area contributed by atoms with Crippen LogP contribution in [-0.2, 0) is 9.59 Å². The summed E-state index contributed by atoms with van der Waals surface area (Å²) in [4.78, 5) is 21.3. The molecule has 0 aromatic rings. The van der Waals surface area contributed by atoms with Gasteiger partial charge in [0.15, 0.2) is 0 Å². The molecule has 0 unspecified atom stereocenters. The molecule has 0 aliphatic heterocycles. The van der Waals surface area contributed by atoms with Gasteiger partial charge in [0.2, 0.25) is 11.6 Å². The monoisotopic (exact) mass is 189 g/mol. The Morgan fingerprint density at radius 1 is 1.54 bits per heavy atom. The molecule has 0 heterocycles. The number of aliphatic hydroxyl groups is 1. The smallest absolute Gasteiger partial charge is 0.357 e. The van der Waals surface area contributed by atoms with Crippen LogP contribution in [0.1, 0.15) is 27.2 Å². The van der Waals surface area contributed by atoms with E-state index < -0.39 is 23.5 Å². The van der Waals surface area contributed by atoms with Gasteiger partial charge in [0.05, 0.1) is 0 Å². The topological polar surface area (TPSA) is 86.6 Å². The number of amides is 1. The maximum absolute atomic E-state index is 10.7. The first kappa shape index (κ1) is 11.9. The zero-order valence-electron chi connectivity index (χ0n) is 8.00. The number of carbonyl (C=O) groups is 2. The van der Waals surface area contributed by atoms with Gasteiger partial charge < -0.3 is 15.5 Å². The van der Waals surface area contributed by atoms with Gasteiger partial charge in [-0.25, -0.2) is 4.79 Å². The van der Waals surface area contributed by atoms with E-state index in [9.17, 15) is 14.7 Å². The molecular formula is C8H15NO4. The lowest BCUT2D eigenvalue weighted by Crippen LogP contribution is -2.58. The average molecular weight is 189 g/mol. The zero-order chi connectivity index (χ0) is 10.6. The second-order valence-corrected chi connectivity index (χ2v) is 3.06. The molecule has 5 heteroatoms. The lowest BCUT2D eigenvalue weighted by Gasteiger charge is -2.29. The minimum absolute atomic E-state index is 0.461. The van der Waals surface area contributed by atoms with Crippen molar-refractivity contribution < 1.29 is 19.8 Å². The Labute approximate surface area is 76.8 Å². The second kappa shape index (κ2) is 4.23. The highest BCUT2D eigenvalue weighted by Gasteiger charge is 2.41. The van der Waals surface area contributed by atoms with Crippen LogP contribution in [0.15, 0.2) is 0 Å². The molecule has 2 atom stereocenters. The van der Waals surface area contributed by atoms with Crippen molar-refractivity contribution in [1.29, 1.82) is 0 Å². The summed E-state index contributed by atoms with van der Waals surface area (Å²) < 4.78 is 0. The van der Waals surface area contributed by atoms with Gasteiger partial charge in [0, 0.05) is 12.8 Å². The number of aliphatic carboxylic acids is 1. The predicted octanol–water partition coefficient (Wildman–Crippen LogP) is -0.0582. The lowest BCUT2D eigenvalue weighted by molar-refractivity contribution is -0.172. The number of carbonyl (C=O) groups excluding carboxylic acids is 1. The fourth-order valence-electron chi connectivity index (χ4n) is 0.951. The fourth-order valence-corrected chi connectivity index (χ4v) is 0.951. The molecule has 0 aromatic carbocycles. The molecule has 0 bridgehead atoms. The number of rotatable bonds is 4. The summed E-state index contributed by atoms with van der Waals surface area (Å²) in [5, 5.41) is 20.3. The fraction of sp³-hybridized carbons (Fsp3) is 0.750. The minimum Gasteiger partial charge on any atom is -0.478 e. The summed E-state index contributed by atoms with van der Waals surface area (Å²) in [6.07, 6.45) is 0.461. The van der Waals surface area contributed by atoms with Gasteiger partial charge in [-0.05, 0) is 6.42 Å². The molecule has 76 valence electrons. The van der Waals surface area contributed by atoms with E-state index in [1.807, 2.05) is 5.32 Å². The first-order chi connectivity index (χ1) is 5.84. The molecule has 0 fully saturated rings. The van der Waals surface area contributed by atoms with Crippen LogP contribution in [0, 0.1) is 5.92 Å². The lowest BCUT2D eigenvalue weighted by atomic mass is 9.95. The molecule has 13 heavy (non-hydrogen) atoms. The number of nitrogens with one attached hydrogen (secondary N) is 1. The molecule has 3 N–H and O–H groups in total. The Balaban J connectivity index is 4.72. The Kier molecular flexibility index (Phi) is 3.87. The van der Waals surface area contributed by atoms with E-state index in [2.05, 4.69) is 0 Å². The van der Waals surface area contributed by atoms with Crippen LogP contribution < -0.4 is 5.32 Å². The van der Waals surface area contributed by atoms with Crippen molar-refractivity contribution in [3.8, 4) is 0 Å². The first-order valence-corrected chi connectivity index (χ1v) is 4.09. The standard InChI is InChI=1S/C8H15NO4/c1-4-5(2)8(13,7(11)12)9-6(3)10/h5,13H,4H2,1-3H3,(H,9,10)(H,11,12)/t5-,8+/m0/s1. The SMILES string of the molecule is CC[C@H](C)[C@](O)(NC(C)=O)C(=O)O. The second-order valence-electron chi connectivity index (χ2n) is 3.06. The Morgan fingerprint density at radius 2 is 2.00 bits per heavy atom. The zero-order valence-corrected chi connectivity index (χ0v) is 8.00. The Morgan fingerprint density at radius 3 is 2.23 bits per heavy atom. The number of carboxylic acids is 1. The van der Waals surface area contributed by atoms with E-state index in [0.717, 1.165) is 6.92 Å². The predicted molar refractivity (Wildman–Crippen MR) is 45.9 cm³/mol.